The number of methoxy groups -OCH3 is 1. The maximum atomic E-state index is 12.9. The second kappa shape index (κ2) is 7.13. The SMILES string of the molecule is COc1ccc(C(=O)NCc2nnc3ccc(C(F)(F)F)cn23)cc1[N+](=O)[O-]. The average molecular weight is 395 g/mol. The van der Waals surface area contributed by atoms with Crippen molar-refractivity contribution in [3.8, 4) is 5.75 Å². The predicted molar refractivity (Wildman–Crippen MR) is 88.8 cm³/mol. The predicted octanol–water partition coefficient (Wildman–Crippen LogP) is 2.59. The molecule has 0 bridgehead atoms. The van der Waals surface area contributed by atoms with Crippen LogP contribution in [0.3, 0.4) is 0 Å². The third kappa shape index (κ3) is 3.70. The number of fused-ring (bicyclic) bond motifs is 1. The molecule has 0 spiro atoms. The minimum atomic E-state index is -4.54. The molecule has 0 unspecified atom stereocenters. The number of ether oxygens (including phenoxy) is 1. The molecule has 0 radical (unpaired) electrons. The molecule has 9 nitrogen and oxygen atoms in total. The summed E-state index contributed by atoms with van der Waals surface area (Å²) >= 11 is 0. The zero-order valence-corrected chi connectivity index (χ0v) is 14.2. The van der Waals surface area contributed by atoms with Crippen LogP contribution in [0.4, 0.5) is 18.9 Å². The lowest BCUT2D eigenvalue weighted by Gasteiger charge is -2.08. The van der Waals surface area contributed by atoms with E-state index >= 15 is 0 Å². The van der Waals surface area contributed by atoms with E-state index in [1.54, 1.807) is 0 Å². The van der Waals surface area contributed by atoms with Gasteiger partial charge in [-0.15, -0.1) is 10.2 Å². The number of benzene rings is 1. The molecule has 2 heterocycles. The van der Waals surface area contributed by atoms with Crippen LogP contribution < -0.4 is 10.1 Å². The number of hydrogen-bond acceptors (Lipinski definition) is 6. The number of nitrogens with zero attached hydrogens (tertiary/aromatic N) is 4. The molecule has 0 atom stereocenters. The topological polar surface area (TPSA) is 112 Å². The maximum absolute atomic E-state index is 12.9. The molecule has 2 aromatic heterocycles. The highest BCUT2D eigenvalue weighted by atomic mass is 19.4. The molecule has 0 saturated carbocycles. The summed E-state index contributed by atoms with van der Waals surface area (Å²) < 4.78 is 44.6. The van der Waals surface area contributed by atoms with E-state index in [-0.39, 0.29) is 29.3 Å². The van der Waals surface area contributed by atoms with Gasteiger partial charge in [-0.1, -0.05) is 0 Å². The number of alkyl halides is 3. The molecule has 0 fully saturated rings. The number of aromatic nitrogens is 3. The fourth-order valence-corrected chi connectivity index (χ4v) is 2.46. The smallest absolute Gasteiger partial charge is 0.417 e. The van der Waals surface area contributed by atoms with Crippen LogP contribution in [0.1, 0.15) is 21.7 Å². The number of amides is 1. The molecule has 0 aliphatic carbocycles. The van der Waals surface area contributed by atoms with Gasteiger partial charge >= 0.3 is 11.9 Å². The summed E-state index contributed by atoms with van der Waals surface area (Å²) in [5, 5.41) is 21.0. The highest BCUT2D eigenvalue weighted by Gasteiger charge is 2.31. The Morgan fingerprint density at radius 2 is 2.04 bits per heavy atom. The molecule has 28 heavy (non-hydrogen) atoms. The molecule has 1 N–H and O–H groups in total. The standard InChI is InChI=1S/C16H12F3N5O4/c1-28-12-4-2-9(6-11(12)24(26)27)15(25)20-7-14-22-21-13-5-3-10(8-23(13)14)16(17,18)19/h2-6,8H,7H2,1H3,(H,20,25). The molecule has 0 aliphatic rings. The Labute approximate surface area is 154 Å². The molecule has 0 aliphatic heterocycles. The first-order chi connectivity index (χ1) is 13.2. The second-order valence-corrected chi connectivity index (χ2v) is 5.59. The van der Waals surface area contributed by atoms with Crippen LogP contribution in [0.25, 0.3) is 5.65 Å². The monoisotopic (exact) mass is 395 g/mol. The van der Waals surface area contributed by atoms with Crippen LogP contribution in [-0.2, 0) is 12.7 Å². The van der Waals surface area contributed by atoms with Crippen LogP contribution >= 0.6 is 0 Å². The minimum absolute atomic E-state index is 0.00955. The first-order valence-corrected chi connectivity index (χ1v) is 7.72. The Balaban J connectivity index is 1.81. The summed E-state index contributed by atoms with van der Waals surface area (Å²) in [6.07, 6.45) is -3.71. The van der Waals surface area contributed by atoms with Crippen molar-refractivity contribution >= 4 is 17.2 Å². The fraction of sp³-hybridized carbons (Fsp3) is 0.188. The van der Waals surface area contributed by atoms with Gasteiger partial charge in [0.2, 0.25) is 0 Å². The quantitative estimate of drug-likeness (QED) is 0.525. The number of nitrogens with one attached hydrogen (secondary N) is 1. The molecule has 1 amide bonds. The Bertz CT molecular complexity index is 1060. The van der Waals surface area contributed by atoms with Gasteiger partial charge < -0.3 is 10.1 Å². The third-order valence-corrected chi connectivity index (χ3v) is 3.85. The molecule has 146 valence electrons. The number of halogens is 3. The van der Waals surface area contributed by atoms with Gasteiger partial charge in [0.15, 0.2) is 17.2 Å². The molecular weight excluding hydrogens is 383 g/mol. The van der Waals surface area contributed by atoms with E-state index in [4.69, 9.17) is 4.74 Å². The summed E-state index contributed by atoms with van der Waals surface area (Å²) in [6.45, 7) is -0.235. The first kappa shape index (κ1) is 19.1. The van der Waals surface area contributed by atoms with Crippen molar-refractivity contribution in [3.05, 3.63) is 63.6 Å². The Kier molecular flexibility index (Phi) is 4.86. The molecular formula is C16H12F3N5O4. The second-order valence-electron chi connectivity index (χ2n) is 5.59. The average Bonchev–Trinajstić information content (AvgIpc) is 3.07. The van der Waals surface area contributed by atoms with Gasteiger partial charge in [0.05, 0.1) is 24.1 Å². The lowest BCUT2D eigenvalue weighted by Crippen LogP contribution is -2.24. The van der Waals surface area contributed by atoms with Crippen molar-refractivity contribution in [2.45, 2.75) is 12.7 Å². The number of rotatable bonds is 5. The van der Waals surface area contributed by atoms with Gasteiger partial charge in [-0.3, -0.25) is 19.3 Å². The van der Waals surface area contributed by atoms with E-state index in [9.17, 15) is 28.1 Å². The van der Waals surface area contributed by atoms with Crippen molar-refractivity contribution in [1.82, 2.24) is 19.9 Å². The van der Waals surface area contributed by atoms with Crippen LogP contribution in [0.5, 0.6) is 5.75 Å². The van der Waals surface area contributed by atoms with Crippen molar-refractivity contribution < 1.29 is 27.6 Å². The number of carbonyl (C=O) groups excluding carboxylic acids is 1. The van der Waals surface area contributed by atoms with Crippen molar-refractivity contribution in [1.29, 1.82) is 0 Å². The largest absolute Gasteiger partial charge is 0.490 e. The molecule has 1 aromatic carbocycles. The van der Waals surface area contributed by atoms with Gasteiger partial charge in [-0.25, -0.2) is 0 Å². The minimum Gasteiger partial charge on any atom is -0.490 e. The first-order valence-electron chi connectivity index (χ1n) is 7.72. The zero-order chi connectivity index (χ0) is 20.5. The van der Waals surface area contributed by atoms with Gasteiger partial charge in [0, 0.05) is 17.8 Å². The van der Waals surface area contributed by atoms with Gasteiger partial charge in [-0.2, -0.15) is 13.2 Å². The summed E-state index contributed by atoms with van der Waals surface area (Å²) in [5.41, 5.74) is -1.12. The summed E-state index contributed by atoms with van der Waals surface area (Å²) in [4.78, 5) is 22.6. The van der Waals surface area contributed by atoms with Crippen molar-refractivity contribution in [2.24, 2.45) is 0 Å². The summed E-state index contributed by atoms with van der Waals surface area (Å²) in [7, 11) is 1.26. The molecule has 12 heteroatoms. The van der Waals surface area contributed by atoms with Crippen LogP contribution in [0.2, 0.25) is 0 Å². The number of hydrogen-bond donors (Lipinski definition) is 1. The highest BCUT2D eigenvalue weighted by molar-refractivity contribution is 5.95. The van der Waals surface area contributed by atoms with E-state index in [0.717, 1.165) is 28.8 Å². The normalized spacial score (nSPS) is 11.4. The third-order valence-electron chi connectivity index (χ3n) is 3.85. The number of pyridine rings is 1. The highest BCUT2D eigenvalue weighted by Crippen LogP contribution is 2.29. The Morgan fingerprint density at radius 1 is 1.29 bits per heavy atom. The van der Waals surface area contributed by atoms with Gasteiger partial charge in [0.25, 0.3) is 5.91 Å². The van der Waals surface area contributed by atoms with E-state index in [1.165, 1.54) is 19.2 Å². The van der Waals surface area contributed by atoms with Crippen LogP contribution in [0, 0.1) is 10.1 Å². The van der Waals surface area contributed by atoms with E-state index in [1.807, 2.05) is 0 Å². The number of nitro benzene ring substituents is 1. The summed E-state index contributed by atoms with van der Waals surface area (Å²) in [6, 6.07) is 5.68. The van der Waals surface area contributed by atoms with Crippen LogP contribution in [-0.4, -0.2) is 32.5 Å². The molecule has 3 rings (SSSR count). The molecule has 0 saturated heterocycles. The Morgan fingerprint density at radius 3 is 2.68 bits per heavy atom. The lowest BCUT2D eigenvalue weighted by atomic mass is 10.1. The molecule has 3 aromatic rings. The zero-order valence-electron chi connectivity index (χ0n) is 14.2. The fourth-order valence-electron chi connectivity index (χ4n) is 2.46. The number of nitro groups is 1. The maximum Gasteiger partial charge on any atom is 0.417 e. The van der Waals surface area contributed by atoms with Crippen molar-refractivity contribution in [3.63, 3.8) is 0 Å². The van der Waals surface area contributed by atoms with Gasteiger partial charge in [-0.05, 0) is 24.3 Å². The van der Waals surface area contributed by atoms with Crippen molar-refractivity contribution in [2.75, 3.05) is 7.11 Å². The lowest BCUT2D eigenvalue weighted by molar-refractivity contribution is -0.385. The Hall–Kier alpha value is -3.70. The van der Waals surface area contributed by atoms with E-state index < -0.39 is 28.3 Å². The van der Waals surface area contributed by atoms with E-state index in [2.05, 4.69) is 15.5 Å². The van der Waals surface area contributed by atoms with E-state index in [0.29, 0.717) is 0 Å². The number of carbonyl (C=O) groups is 1. The van der Waals surface area contributed by atoms with Gasteiger partial charge in [0.1, 0.15) is 0 Å². The summed E-state index contributed by atoms with van der Waals surface area (Å²) in [5.74, 6) is -0.614. The van der Waals surface area contributed by atoms with Crippen LogP contribution in [0.15, 0.2) is 36.5 Å².